The summed E-state index contributed by atoms with van der Waals surface area (Å²) in [4.78, 5) is 11.0. The van der Waals surface area contributed by atoms with Crippen molar-refractivity contribution in [1.82, 2.24) is 0 Å². The summed E-state index contributed by atoms with van der Waals surface area (Å²) in [6.07, 6.45) is 0. The zero-order valence-electron chi connectivity index (χ0n) is 9.63. The lowest BCUT2D eigenvalue weighted by atomic mass is 10.0. The molecule has 0 aliphatic carbocycles. The molecule has 2 aromatic carbocycles. The molecule has 2 rings (SSSR count). The van der Waals surface area contributed by atoms with E-state index in [-0.39, 0.29) is 22.7 Å². The van der Waals surface area contributed by atoms with Gasteiger partial charge in [-0.1, -0.05) is 24.3 Å². The Hall–Kier alpha value is -2.23. The van der Waals surface area contributed by atoms with Gasteiger partial charge >= 0.3 is 0 Å². The van der Waals surface area contributed by atoms with Crippen LogP contribution in [-0.2, 0) is 4.79 Å². The Morgan fingerprint density at radius 3 is 2.44 bits per heavy atom. The third-order valence-electron chi connectivity index (χ3n) is 2.39. The van der Waals surface area contributed by atoms with Gasteiger partial charge in [-0.2, -0.15) is 0 Å². The van der Waals surface area contributed by atoms with Crippen LogP contribution >= 0.6 is 0 Å². The van der Waals surface area contributed by atoms with E-state index < -0.39 is 11.6 Å². The van der Waals surface area contributed by atoms with E-state index in [2.05, 4.69) is 11.4 Å². The SMILES string of the molecule is CC(=O)Nc1[c]cccc1-c1c(F)cccc1F. The van der Waals surface area contributed by atoms with Gasteiger partial charge in [-0.15, -0.1) is 0 Å². The van der Waals surface area contributed by atoms with Crippen molar-refractivity contribution in [2.45, 2.75) is 6.92 Å². The summed E-state index contributed by atoms with van der Waals surface area (Å²) in [6.45, 7) is 1.32. The summed E-state index contributed by atoms with van der Waals surface area (Å²) in [5, 5.41) is 2.50. The fraction of sp³-hybridized carbons (Fsp3) is 0.0714. The van der Waals surface area contributed by atoms with Crippen molar-refractivity contribution < 1.29 is 13.6 Å². The van der Waals surface area contributed by atoms with E-state index in [9.17, 15) is 13.6 Å². The molecule has 91 valence electrons. The van der Waals surface area contributed by atoms with Crippen LogP contribution in [0.15, 0.2) is 36.4 Å². The van der Waals surface area contributed by atoms with Crippen LogP contribution in [0.3, 0.4) is 0 Å². The van der Waals surface area contributed by atoms with Crippen LogP contribution in [0.5, 0.6) is 0 Å². The van der Waals surface area contributed by atoms with E-state index in [1.54, 1.807) is 12.1 Å². The molecule has 0 saturated heterocycles. The van der Waals surface area contributed by atoms with Crippen molar-refractivity contribution in [2.24, 2.45) is 0 Å². The smallest absolute Gasteiger partial charge is 0.221 e. The molecule has 0 fully saturated rings. The predicted molar refractivity (Wildman–Crippen MR) is 64.9 cm³/mol. The lowest BCUT2D eigenvalue weighted by Crippen LogP contribution is -2.07. The third-order valence-corrected chi connectivity index (χ3v) is 2.39. The molecule has 4 heteroatoms. The summed E-state index contributed by atoms with van der Waals surface area (Å²) in [6, 6.07) is 11.1. The largest absolute Gasteiger partial charge is 0.325 e. The quantitative estimate of drug-likeness (QED) is 0.864. The minimum atomic E-state index is -0.679. The first-order chi connectivity index (χ1) is 8.59. The van der Waals surface area contributed by atoms with Crippen LogP contribution in [-0.4, -0.2) is 5.91 Å². The number of halogens is 2. The maximum absolute atomic E-state index is 13.7. The molecule has 2 aromatic rings. The van der Waals surface area contributed by atoms with E-state index in [1.807, 2.05) is 0 Å². The van der Waals surface area contributed by atoms with Crippen LogP contribution in [0, 0.1) is 17.7 Å². The average Bonchev–Trinajstić information content (AvgIpc) is 2.30. The fourth-order valence-corrected chi connectivity index (χ4v) is 1.68. The van der Waals surface area contributed by atoms with Gasteiger partial charge in [0.2, 0.25) is 5.91 Å². The molecule has 2 nitrogen and oxygen atoms in total. The van der Waals surface area contributed by atoms with E-state index in [0.29, 0.717) is 0 Å². The number of hydrogen-bond donors (Lipinski definition) is 1. The number of carbonyl (C=O) groups excluding carboxylic acids is 1. The van der Waals surface area contributed by atoms with Gasteiger partial charge < -0.3 is 5.32 Å². The molecule has 0 bridgehead atoms. The first-order valence-corrected chi connectivity index (χ1v) is 5.32. The summed E-state index contributed by atoms with van der Waals surface area (Å²) in [5.74, 6) is -1.68. The zero-order valence-corrected chi connectivity index (χ0v) is 9.63. The molecule has 0 aromatic heterocycles. The highest BCUT2D eigenvalue weighted by Gasteiger charge is 2.14. The van der Waals surface area contributed by atoms with E-state index in [4.69, 9.17) is 0 Å². The molecular weight excluding hydrogens is 236 g/mol. The molecule has 1 radical (unpaired) electrons. The second-order valence-corrected chi connectivity index (χ2v) is 3.74. The van der Waals surface area contributed by atoms with Crippen LogP contribution in [0.1, 0.15) is 6.92 Å². The number of anilines is 1. The third kappa shape index (κ3) is 2.37. The Balaban J connectivity index is 2.60. The normalized spacial score (nSPS) is 10.2. The average molecular weight is 246 g/mol. The zero-order chi connectivity index (χ0) is 13.1. The van der Waals surface area contributed by atoms with Crippen molar-refractivity contribution in [2.75, 3.05) is 5.32 Å². The highest BCUT2D eigenvalue weighted by molar-refractivity contribution is 5.93. The second-order valence-electron chi connectivity index (χ2n) is 3.74. The standard InChI is InChI=1S/C14H10F2NO/c1-9(18)17-13-8-3-2-5-10(13)14-11(15)6-4-7-12(14)16/h2-7H,1H3,(H,17,18). The maximum atomic E-state index is 13.7. The Kier molecular flexibility index (Phi) is 3.37. The number of rotatable bonds is 2. The number of hydrogen-bond acceptors (Lipinski definition) is 1. The van der Waals surface area contributed by atoms with Crippen LogP contribution in [0.25, 0.3) is 11.1 Å². The monoisotopic (exact) mass is 246 g/mol. The molecule has 0 aliphatic heterocycles. The van der Waals surface area contributed by atoms with Gasteiger partial charge in [-0.05, 0) is 12.1 Å². The number of benzene rings is 2. The summed E-state index contributed by atoms with van der Waals surface area (Å²) >= 11 is 0. The Labute approximate surface area is 103 Å². The molecule has 0 atom stereocenters. The van der Waals surface area contributed by atoms with Crippen LogP contribution in [0.2, 0.25) is 0 Å². The molecule has 1 N–H and O–H groups in total. The van der Waals surface area contributed by atoms with Crippen LogP contribution in [0.4, 0.5) is 14.5 Å². The topological polar surface area (TPSA) is 29.1 Å². The number of amides is 1. The molecule has 0 saturated carbocycles. The number of para-hydroxylation sites is 1. The van der Waals surface area contributed by atoms with Crippen molar-refractivity contribution in [3.05, 3.63) is 54.1 Å². The van der Waals surface area contributed by atoms with Crippen molar-refractivity contribution in [3.8, 4) is 11.1 Å². The summed E-state index contributed by atoms with van der Waals surface area (Å²) in [7, 11) is 0. The van der Waals surface area contributed by atoms with Gasteiger partial charge in [-0.25, -0.2) is 8.78 Å². The molecule has 0 spiro atoms. The Morgan fingerprint density at radius 1 is 1.17 bits per heavy atom. The number of carbonyl (C=O) groups is 1. The minimum Gasteiger partial charge on any atom is -0.325 e. The molecule has 0 unspecified atom stereocenters. The van der Waals surface area contributed by atoms with Gasteiger partial charge in [0.1, 0.15) is 11.6 Å². The molecule has 0 heterocycles. The lowest BCUT2D eigenvalue weighted by Gasteiger charge is -2.11. The van der Waals surface area contributed by atoms with Gasteiger partial charge in [0.05, 0.1) is 11.3 Å². The highest BCUT2D eigenvalue weighted by Crippen LogP contribution is 2.31. The first-order valence-electron chi connectivity index (χ1n) is 5.32. The van der Waals surface area contributed by atoms with Gasteiger partial charge in [0.25, 0.3) is 0 Å². The summed E-state index contributed by atoms with van der Waals surface area (Å²) < 4.78 is 27.4. The maximum Gasteiger partial charge on any atom is 0.221 e. The molecule has 18 heavy (non-hydrogen) atoms. The second kappa shape index (κ2) is 4.96. The van der Waals surface area contributed by atoms with E-state index in [0.717, 1.165) is 0 Å². The lowest BCUT2D eigenvalue weighted by molar-refractivity contribution is -0.114. The van der Waals surface area contributed by atoms with E-state index >= 15 is 0 Å². The van der Waals surface area contributed by atoms with E-state index in [1.165, 1.54) is 31.2 Å². The van der Waals surface area contributed by atoms with Crippen molar-refractivity contribution >= 4 is 11.6 Å². The highest BCUT2D eigenvalue weighted by atomic mass is 19.1. The Morgan fingerprint density at radius 2 is 1.83 bits per heavy atom. The summed E-state index contributed by atoms with van der Waals surface area (Å²) in [5.41, 5.74) is 0.357. The van der Waals surface area contributed by atoms with Crippen molar-refractivity contribution in [1.29, 1.82) is 0 Å². The molecule has 1 amide bonds. The van der Waals surface area contributed by atoms with Crippen molar-refractivity contribution in [3.63, 3.8) is 0 Å². The molecular formula is C14H10F2NO. The Bertz CT molecular complexity index is 576. The van der Waals surface area contributed by atoms with Crippen LogP contribution < -0.4 is 5.32 Å². The number of nitrogens with one attached hydrogen (secondary N) is 1. The fourth-order valence-electron chi connectivity index (χ4n) is 1.68. The minimum absolute atomic E-state index is 0.168. The van der Waals surface area contributed by atoms with Gasteiger partial charge in [-0.3, -0.25) is 4.79 Å². The predicted octanol–water partition coefficient (Wildman–Crippen LogP) is 3.39. The molecule has 0 aliphatic rings. The van der Waals surface area contributed by atoms with Gasteiger partial charge in [0, 0.05) is 18.6 Å². The first kappa shape index (κ1) is 12.2. The van der Waals surface area contributed by atoms with Gasteiger partial charge in [0.15, 0.2) is 0 Å².